The molecule has 5 heteroatoms. The second-order valence-corrected chi connectivity index (χ2v) is 6.06. The molecule has 0 aromatic rings. The molecular formula is C17H34N4O. The molecule has 0 saturated heterocycles. The van der Waals surface area contributed by atoms with Gasteiger partial charge in [-0.05, 0) is 19.3 Å². The van der Waals surface area contributed by atoms with Gasteiger partial charge in [-0.15, -0.1) is 0 Å². The minimum absolute atomic E-state index is 0.420. The number of carbonyl (C=O) groups is 1. The lowest BCUT2D eigenvalue weighted by molar-refractivity contribution is 0.215. The largest absolute Gasteiger partial charge is 0.351 e. The van der Waals surface area contributed by atoms with Crippen LogP contribution in [0.1, 0.15) is 59.3 Å². The molecule has 0 aliphatic heterocycles. The van der Waals surface area contributed by atoms with E-state index in [1.54, 1.807) is 16.1 Å². The molecule has 0 rings (SSSR count). The van der Waals surface area contributed by atoms with Crippen molar-refractivity contribution in [2.45, 2.75) is 59.3 Å². The Morgan fingerprint density at radius 3 is 2.36 bits per heavy atom. The average Bonchev–Trinajstić information content (AvgIpc) is 2.45. The van der Waals surface area contributed by atoms with Crippen LogP contribution in [0.5, 0.6) is 0 Å². The van der Waals surface area contributed by atoms with Crippen LogP contribution in [-0.4, -0.2) is 42.8 Å². The van der Waals surface area contributed by atoms with Gasteiger partial charge < -0.3 is 10.7 Å². The van der Waals surface area contributed by atoms with Crippen LogP contribution in [0.2, 0.25) is 0 Å². The molecule has 0 spiro atoms. The van der Waals surface area contributed by atoms with E-state index in [2.05, 4.69) is 18.9 Å². The van der Waals surface area contributed by atoms with E-state index in [0.717, 1.165) is 12.1 Å². The van der Waals surface area contributed by atoms with Gasteiger partial charge in [0.15, 0.2) is 0 Å². The number of hydrazone groups is 1. The van der Waals surface area contributed by atoms with Crippen LogP contribution in [0.25, 0.3) is 0 Å². The van der Waals surface area contributed by atoms with Crippen molar-refractivity contribution in [2.24, 2.45) is 16.8 Å². The van der Waals surface area contributed by atoms with Gasteiger partial charge in [-0.3, -0.25) is 4.90 Å². The molecule has 128 valence electrons. The molecule has 2 amide bonds. The second-order valence-electron chi connectivity index (χ2n) is 6.06. The molecule has 0 heterocycles. The molecule has 0 aromatic carbocycles. The summed E-state index contributed by atoms with van der Waals surface area (Å²) in [4.78, 5) is 13.3. The first-order chi connectivity index (χ1) is 10.4. The van der Waals surface area contributed by atoms with Gasteiger partial charge >= 0.3 is 6.03 Å². The van der Waals surface area contributed by atoms with E-state index >= 15 is 0 Å². The molecule has 22 heavy (non-hydrogen) atoms. The average molecular weight is 310 g/mol. The third-order valence-corrected chi connectivity index (χ3v) is 3.59. The van der Waals surface area contributed by atoms with E-state index < -0.39 is 6.03 Å². The Bertz CT molecular complexity index is 364. The van der Waals surface area contributed by atoms with Crippen molar-refractivity contribution in [1.82, 2.24) is 9.91 Å². The SMILES string of the molecule is C/C=C(\C=N/N(C)C)N(C[C@H](C)CCCCCCC)C(N)=O. The maximum Gasteiger partial charge on any atom is 0.319 e. The van der Waals surface area contributed by atoms with Gasteiger partial charge in [0.25, 0.3) is 0 Å². The van der Waals surface area contributed by atoms with Crippen molar-refractivity contribution >= 4 is 12.2 Å². The van der Waals surface area contributed by atoms with Crippen LogP contribution in [0.4, 0.5) is 4.79 Å². The molecule has 0 aliphatic rings. The van der Waals surface area contributed by atoms with Gasteiger partial charge in [-0.25, -0.2) is 4.79 Å². The molecule has 0 aromatic heterocycles. The highest BCUT2D eigenvalue weighted by atomic mass is 16.2. The molecular weight excluding hydrogens is 276 g/mol. The predicted molar refractivity (Wildman–Crippen MR) is 94.8 cm³/mol. The molecule has 0 unspecified atom stereocenters. The van der Waals surface area contributed by atoms with Gasteiger partial charge in [0.1, 0.15) is 0 Å². The maximum absolute atomic E-state index is 11.7. The number of hydrogen-bond donors (Lipinski definition) is 1. The first-order valence-electron chi connectivity index (χ1n) is 8.36. The molecule has 0 bridgehead atoms. The van der Waals surface area contributed by atoms with Gasteiger partial charge in [-0.1, -0.05) is 52.0 Å². The first kappa shape index (κ1) is 20.5. The third-order valence-electron chi connectivity index (χ3n) is 3.59. The van der Waals surface area contributed by atoms with Crippen LogP contribution in [0.3, 0.4) is 0 Å². The van der Waals surface area contributed by atoms with Crippen LogP contribution in [0.15, 0.2) is 16.9 Å². The van der Waals surface area contributed by atoms with E-state index in [-0.39, 0.29) is 0 Å². The summed E-state index contributed by atoms with van der Waals surface area (Å²) in [7, 11) is 3.69. The Balaban J connectivity index is 4.47. The van der Waals surface area contributed by atoms with Gasteiger partial charge in [-0.2, -0.15) is 5.10 Å². The van der Waals surface area contributed by atoms with Gasteiger partial charge in [0.05, 0.1) is 11.9 Å². The minimum atomic E-state index is -0.420. The standard InChI is InChI=1S/C17H34N4O/c1-6-8-9-10-11-12-15(3)14-21(17(18)22)16(7-2)13-19-20(4)5/h7,13,15H,6,8-12,14H2,1-5H3,(H2,18,22)/b16-7+,19-13-/t15-/m1/s1. The summed E-state index contributed by atoms with van der Waals surface area (Å²) >= 11 is 0. The number of urea groups is 1. The summed E-state index contributed by atoms with van der Waals surface area (Å²) < 4.78 is 0. The smallest absolute Gasteiger partial charge is 0.319 e. The molecule has 5 nitrogen and oxygen atoms in total. The van der Waals surface area contributed by atoms with E-state index in [9.17, 15) is 4.79 Å². The van der Waals surface area contributed by atoms with Crippen molar-refractivity contribution < 1.29 is 4.79 Å². The monoisotopic (exact) mass is 310 g/mol. The fourth-order valence-electron chi connectivity index (χ4n) is 2.30. The summed E-state index contributed by atoms with van der Waals surface area (Å²) in [5.74, 6) is 0.428. The van der Waals surface area contributed by atoms with Crippen molar-refractivity contribution in [3.63, 3.8) is 0 Å². The molecule has 1 atom stereocenters. The van der Waals surface area contributed by atoms with Crippen molar-refractivity contribution in [3.05, 3.63) is 11.8 Å². The zero-order valence-electron chi connectivity index (χ0n) is 15.0. The fraction of sp³-hybridized carbons (Fsp3) is 0.765. The van der Waals surface area contributed by atoms with Crippen LogP contribution in [-0.2, 0) is 0 Å². The number of nitrogens with two attached hydrogens (primary N) is 1. The number of amides is 2. The molecule has 0 aliphatic carbocycles. The number of unbranched alkanes of at least 4 members (excludes halogenated alkanes) is 4. The van der Waals surface area contributed by atoms with E-state index in [1.807, 2.05) is 27.1 Å². The summed E-state index contributed by atoms with van der Waals surface area (Å²) in [5, 5.41) is 5.89. The summed E-state index contributed by atoms with van der Waals surface area (Å²) in [6.45, 7) is 6.93. The molecule has 0 saturated carbocycles. The number of hydrogen-bond acceptors (Lipinski definition) is 3. The molecule has 2 N–H and O–H groups in total. The quantitative estimate of drug-likeness (QED) is 0.358. The normalized spacial score (nSPS) is 13.4. The zero-order chi connectivity index (χ0) is 17.0. The second kappa shape index (κ2) is 12.1. The number of primary amides is 1. The predicted octanol–water partition coefficient (Wildman–Crippen LogP) is 3.81. The van der Waals surface area contributed by atoms with E-state index in [1.165, 1.54) is 32.1 Å². The molecule has 0 fully saturated rings. The van der Waals surface area contributed by atoms with Crippen LogP contribution < -0.4 is 5.73 Å². The minimum Gasteiger partial charge on any atom is -0.351 e. The Hall–Kier alpha value is -1.52. The molecule has 0 radical (unpaired) electrons. The lowest BCUT2D eigenvalue weighted by Gasteiger charge is -2.25. The van der Waals surface area contributed by atoms with Crippen LogP contribution >= 0.6 is 0 Å². The van der Waals surface area contributed by atoms with Gasteiger partial charge in [0, 0.05) is 20.6 Å². The number of allylic oxidation sites excluding steroid dienone is 2. The summed E-state index contributed by atoms with van der Waals surface area (Å²) in [6.07, 6.45) is 11.0. The lowest BCUT2D eigenvalue weighted by Crippen LogP contribution is -2.38. The number of carbonyl (C=O) groups excluding carboxylic acids is 1. The first-order valence-corrected chi connectivity index (χ1v) is 8.36. The highest BCUT2D eigenvalue weighted by Crippen LogP contribution is 2.15. The lowest BCUT2D eigenvalue weighted by atomic mass is 10.0. The van der Waals surface area contributed by atoms with Crippen molar-refractivity contribution in [1.29, 1.82) is 0 Å². The van der Waals surface area contributed by atoms with E-state index in [0.29, 0.717) is 12.5 Å². The summed E-state index contributed by atoms with van der Waals surface area (Å²) in [5.41, 5.74) is 6.28. The zero-order valence-corrected chi connectivity index (χ0v) is 15.0. The topological polar surface area (TPSA) is 61.9 Å². The van der Waals surface area contributed by atoms with Crippen molar-refractivity contribution in [3.8, 4) is 0 Å². The van der Waals surface area contributed by atoms with Crippen LogP contribution in [0, 0.1) is 5.92 Å². The Labute approximate surface area is 136 Å². The third kappa shape index (κ3) is 9.42. The number of nitrogens with zero attached hydrogens (tertiary/aromatic N) is 3. The Morgan fingerprint density at radius 1 is 1.23 bits per heavy atom. The fourth-order valence-corrected chi connectivity index (χ4v) is 2.30. The Morgan fingerprint density at radius 2 is 1.86 bits per heavy atom. The van der Waals surface area contributed by atoms with Crippen molar-refractivity contribution in [2.75, 3.05) is 20.6 Å². The maximum atomic E-state index is 11.7. The number of rotatable bonds is 11. The summed E-state index contributed by atoms with van der Waals surface area (Å²) in [6, 6.07) is -0.420. The van der Waals surface area contributed by atoms with E-state index in [4.69, 9.17) is 5.73 Å². The highest BCUT2D eigenvalue weighted by molar-refractivity contribution is 5.86. The Kier molecular flexibility index (Phi) is 11.2. The van der Waals surface area contributed by atoms with Gasteiger partial charge in [0.2, 0.25) is 0 Å². The highest BCUT2D eigenvalue weighted by Gasteiger charge is 2.16.